The minimum atomic E-state index is -0.251. The number of hydrogen-bond acceptors (Lipinski definition) is 3. The maximum absolute atomic E-state index is 11.6. The van der Waals surface area contributed by atoms with Crippen LogP contribution in [0.15, 0.2) is 18.2 Å². The maximum atomic E-state index is 11.6. The summed E-state index contributed by atoms with van der Waals surface area (Å²) in [4.78, 5) is 24.3. The topological polar surface area (TPSA) is 73.2 Å². The lowest BCUT2D eigenvalue weighted by molar-refractivity contribution is -0.120. The van der Waals surface area contributed by atoms with E-state index in [0.29, 0.717) is 19.4 Å². The van der Waals surface area contributed by atoms with Gasteiger partial charge in [0.05, 0.1) is 12.5 Å². The van der Waals surface area contributed by atoms with Crippen LogP contribution in [-0.4, -0.2) is 25.4 Å². The van der Waals surface area contributed by atoms with Gasteiger partial charge in [-0.25, -0.2) is 0 Å². The number of likely N-dealkylation sites (N-methyl/N-ethyl adjacent to an activating group) is 1. The summed E-state index contributed by atoms with van der Waals surface area (Å²) >= 11 is 0. The van der Waals surface area contributed by atoms with E-state index in [1.807, 2.05) is 18.2 Å². The third-order valence-corrected chi connectivity index (χ3v) is 3.20. The molecule has 5 heteroatoms. The summed E-state index contributed by atoms with van der Waals surface area (Å²) in [5.74, 6) is -0.145. The molecule has 0 saturated carbocycles. The Balaban J connectivity index is 1.94. The number of anilines is 1. The van der Waals surface area contributed by atoms with Gasteiger partial charge in [0.25, 0.3) is 0 Å². The van der Waals surface area contributed by atoms with Crippen LogP contribution >= 0.6 is 0 Å². The lowest BCUT2D eigenvalue weighted by Crippen LogP contribution is -2.24. The third kappa shape index (κ3) is 2.91. The monoisotopic (exact) mass is 257 g/mol. The van der Waals surface area contributed by atoms with Crippen molar-refractivity contribution >= 4 is 17.5 Å². The fraction of sp³-hybridized carbons (Fsp3) is 0.357. The Morgan fingerprint density at radius 2 is 2.32 bits per heavy atom. The Bertz CT molecular complexity index is 560. The summed E-state index contributed by atoms with van der Waals surface area (Å²) in [6, 6.07) is 7.71. The fourth-order valence-corrected chi connectivity index (χ4v) is 2.16. The van der Waals surface area contributed by atoms with Gasteiger partial charge in [-0.15, -0.1) is 0 Å². The molecular formula is C14H15N3O2. The Hall–Kier alpha value is -2.35. The van der Waals surface area contributed by atoms with Crippen molar-refractivity contribution in [3.05, 3.63) is 29.3 Å². The maximum Gasteiger partial charge on any atom is 0.234 e. The van der Waals surface area contributed by atoms with Crippen molar-refractivity contribution in [1.82, 2.24) is 5.32 Å². The van der Waals surface area contributed by atoms with Crippen molar-refractivity contribution in [2.75, 3.05) is 18.5 Å². The SMILES string of the molecule is CN1C(=O)Cc2cc(CCNC(=O)CC#N)ccc21. The summed E-state index contributed by atoms with van der Waals surface area (Å²) in [6.45, 7) is 0.503. The molecule has 0 aromatic heterocycles. The average Bonchev–Trinajstić information content (AvgIpc) is 2.65. The van der Waals surface area contributed by atoms with E-state index in [9.17, 15) is 9.59 Å². The number of nitriles is 1. The molecule has 5 nitrogen and oxygen atoms in total. The molecule has 1 aromatic rings. The molecule has 2 amide bonds. The standard InChI is InChI=1S/C14H15N3O2/c1-17-12-3-2-10(8-11(12)9-14(17)19)5-7-16-13(18)4-6-15/h2-3,8H,4-5,7,9H2,1H3,(H,16,18). The largest absolute Gasteiger partial charge is 0.355 e. The van der Waals surface area contributed by atoms with E-state index in [0.717, 1.165) is 16.8 Å². The molecule has 0 radical (unpaired) electrons. The Morgan fingerprint density at radius 3 is 3.05 bits per heavy atom. The highest BCUT2D eigenvalue weighted by molar-refractivity contribution is 6.00. The minimum Gasteiger partial charge on any atom is -0.355 e. The van der Waals surface area contributed by atoms with E-state index in [1.54, 1.807) is 18.0 Å². The number of carbonyl (C=O) groups is 2. The first-order chi connectivity index (χ1) is 9.11. The van der Waals surface area contributed by atoms with Gasteiger partial charge in [0.15, 0.2) is 0 Å². The molecular weight excluding hydrogens is 242 g/mol. The number of carbonyl (C=O) groups excluding carboxylic acids is 2. The van der Waals surface area contributed by atoms with Gasteiger partial charge in [-0.3, -0.25) is 9.59 Å². The van der Waals surface area contributed by atoms with Crippen molar-refractivity contribution in [2.45, 2.75) is 19.3 Å². The van der Waals surface area contributed by atoms with Gasteiger partial charge in [-0.2, -0.15) is 5.26 Å². The molecule has 0 saturated heterocycles. The molecule has 0 spiro atoms. The highest BCUT2D eigenvalue weighted by Crippen LogP contribution is 2.28. The second kappa shape index (κ2) is 5.53. The number of hydrogen-bond donors (Lipinski definition) is 1. The Labute approximate surface area is 111 Å². The summed E-state index contributed by atoms with van der Waals surface area (Å²) < 4.78 is 0. The average molecular weight is 257 g/mol. The second-order valence-corrected chi connectivity index (χ2v) is 4.53. The van der Waals surface area contributed by atoms with Crippen LogP contribution in [0.3, 0.4) is 0 Å². The molecule has 1 N–H and O–H groups in total. The summed E-state index contributed by atoms with van der Waals surface area (Å²) in [6.07, 6.45) is 1.03. The molecule has 0 aliphatic carbocycles. The zero-order valence-corrected chi connectivity index (χ0v) is 10.8. The summed E-state index contributed by atoms with van der Waals surface area (Å²) in [5.41, 5.74) is 3.08. The molecule has 0 atom stereocenters. The smallest absolute Gasteiger partial charge is 0.234 e. The molecule has 2 rings (SSSR count). The predicted octanol–water partition coefficient (Wildman–Crippen LogP) is 0.778. The van der Waals surface area contributed by atoms with Crippen LogP contribution in [0.4, 0.5) is 5.69 Å². The fourth-order valence-electron chi connectivity index (χ4n) is 2.16. The molecule has 0 unspecified atom stereocenters. The van der Waals surface area contributed by atoms with E-state index in [2.05, 4.69) is 5.32 Å². The molecule has 1 aliphatic heterocycles. The first-order valence-corrected chi connectivity index (χ1v) is 6.14. The number of rotatable bonds is 4. The zero-order chi connectivity index (χ0) is 13.8. The van der Waals surface area contributed by atoms with E-state index in [-0.39, 0.29) is 18.2 Å². The lowest BCUT2D eigenvalue weighted by Gasteiger charge is -2.10. The van der Waals surface area contributed by atoms with Crippen LogP contribution in [0.5, 0.6) is 0 Å². The van der Waals surface area contributed by atoms with Crippen molar-refractivity contribution in [1.29, 1.82) is 5.26 Å². The first-order valence-electron chi connectivity index (χ1n) is 6.14. The number of benzene rings is 1. The van der Waals surface area contributed by atoms with Gasteiger partial charge in [-0.05, 0) is 23.6 Å². The van der Waals surface area contributed by atoms with Gasteiger partial charge in [0, 0.05) is 19.3 Å². The van der Waals surface area contributed by atoms with Crippen LogP contribution in [0.25, 0.3) is 0 Å². The molecule has 0 bridgehead atoms. The molecule has 1 heterocycles. The zero-order valence-electron chi connectivity index (χ0n) is 10.8. The van der Waals surface area contributed by atoms with Crippen molar-refractivity contribution < 1.29 is 9.59 Å². The quantitative estimate of drug-likeness (QED) is 0.866. The molecule has 98 valence electrons. The predicted molar refractivity (Wildman–Crippen MR) is 70.5 cm³/mol. The first kappa shape index (κ1) is 13.1. The van der Waals surface area contributed by atoms with Gasteiger partial charge in [0.2, 0.25) is 11.8 Å². The number of nitrogens with one attached hydrogen (secondary N) is 1. The number of fused-ring (bicyclic) bond motifs is 1. The molecule has 19 heavy (non-hydrogen) atoms. The number of nitrogens with zero attached hydrogens (tertiary/aromatic N) is 2. The van der Waals surface area contributed by atoms with E-state index in [1.165, 1.54) is 0 Å². The van der Waals surface area contributed by atoms with E-state index >= 15 is 0 Å². The van der Waals surface area contributed by atoms with Crippen molar-refractivity contribution in [3.8, 4) is 6.07 Å². The summed E-state index contributed by atoms with van der Waals surface area (Å²) in [7, 11) is 1.77. The molecule has 0 fully saturated rings. The van der Waals surface area contributed by atoms with Crippen molar-refractivity contribution in [2.24, 2.45) is 0 Å². The van der Waals surface area contributed by atoms with Crippen LogP contribution in [-0.2, 0) is 22.4 Å². The lowest BCUT2D eigenvalue weighted by atomic mass is 10.1. The van der Waals surface area contributed by atoms with Crippen LogP contribution in [0, 0.1) is 11.3 Å². The molecule has 1 aliphatic rings. The van der Waals surface area contributed by atoms with Crippen LogP contribution < -0.4 is 10.2 Å². The highest BCUT2D eigenvalue weighted by atomic mass is 16.2. The van der Waals surface area contributed by atoms with E-state index in [4.69, 9.17) is 5.26 Å². The minimum absolute atomic E-state index is 0.106. The Morgan fingerprint density at radius 1 is 1.53 bits per heavy atom. The van der Waals surface area contributed by atoms with Gasteiger partial charge in [0.1, 0.15) is 6.42 Å². The third-order valence-electron chi connectivity index (χ3n) is 3.20. The van der Waals surface area contributed by atoms with Gasteiger partial charge in [-0.1, -0.05) is 12.1 Å². The summed E-state index contributed by atoms with van der Waals surface area (Å²) in [5, 5.41) is 11.0. The van der Waals surface area contributed by atoms with E-state index < -0.39 is 0 Å². The number of amides is 2. The van der Waals surface area contributed by atoms with Gasteiger partial charge >= 0.3 is 0 Å². The molecule has 1 aromatic carbocycles. The second-order valence-electron chi connectivity index (χ2n) is 4.53. The Kier molecular flexibility index (Phi) is 3.81. The normalized spacial score (nSPS) is 13.1. The van der Waals surface area contributed by atoms with Crippen LogP contribution in [0.2, 0.25) is 0 Å². The van der Waals surface area contributed by atoms with Crippen molar-refractivity contribution in [3.63, 3.8) is 0 Å². The van der Waals surface area contributed by atoms with Crippen LogP contribution in [0.1, 0.15) is 17.5 Å². The van der Waals surface area contributed by atoms with Gasteiger partial charge < -0.3 is 10.2 Å². The highest BCUT2D eigenvalue weighted by Gasteiger charge is 2.23.